The van der Waals surface area contributed by atoms with E-state index in [9.17, 15) is 14.4 Å². The third kappa shape index (κ3) is 3.21. The summed E-state index contributed by atoms with van der Waals surface area (Å²) in [6, 6.07) is -0.700. The molecular weight excluding hydrogens is 238 g/mol. The number of rotatable bonds is 5. The average molecular weight is 257 g/mol. The van der Waals surface area contributed by atoms with Crippen LogP contribution in [-0.4, -0.2) is 49.0 Å². The third-order valence-electron chi connectivity index (χ3n) is 2.95. The predicted molar refractivity (Wildman–Crippen MR) is 62.9 cm³/mol. The van der Waals surface area contributed by atoms with Crippen molar-refractivity contribution in [2.75, 3.05) is 19.8 Å². The largest absolute Gasteiger partial charge is 0.464 e. The van der Waals surface area contributed by atoms with E-state index < -0.39 is 18.1 Å². The summed E-state index contributed by atoms with van der Waals surface area (Å²) in [5.41, 5.74) is 0. The highest BCUT2D eigenvalue weighted by Gasteiger charge is 2.43. The summed E-state index contributed by atoms with van der Waals surface area (Å²) < 4.78 is 9.86. The summed E-state index contributed by atoms with van der Waals surface area (Å²) in [4.78, 5) is 35.5. The summed E-state index contributed by atoms with van der Waals surface area (Å²) in [6.07, 6.45) is 1.11. The molecule has 1 heterocycles. The molecule has 0 aliphatic carbocycles. The molecule has 1 amide bonds. The van der Waals surface area contributed by atoms with Crippen molar-refractivity contribution in [3.05, 3.63) is 0 Å². The minimum absolute atomic E-state index is 0.175. The molecule has 0 aromatic heterocycles. The molecule has 0 spiro atoms. The first-order chi connectivity index (χ1) is 8.65. The summed E-state index contributed by atoms with van der Waals surface area (Å²) >= 11 is 0. The van der Waals surface area contributed by atoms with Gasteiger partial charge in [0.1, 0.15) is 12.3 Å². The van der Waals surface area contributed by atoms with Gasteiger partial charge in [-0.1, -0.05) is 0 Å². The smallest absolute Gasteiger partial charge is 0.410 e. The van der Waals surface area contributed by atoms with E-state index in [1.54, 1.807) is 13.8 Å². The van der Waals surface area contributed by atoms with Crippen LogP contribution in [0.15, 0.2) is 0 Å². The predicted octanol–water partition coefficient (Wildman–Crippen LogP) is 0.986. The molecule has 6 nitrogen and oxygen atoms in total. The first-order valence-corrected chi connectivity index (χ1v) is 6.19. The van der Waals surface area contributed by atoms with E-state index in [0.29, 0.717) is 13.0 Å². The second kappa shape index (κ2) is 6.98. The van der Waals surface area contributed by atoms with Crippen molar-refractivity contribution in [3.63, 3.8) is 0 Å². The summed E-state index contributed by atoms with van der Waals surface area (Å²) in [7, 11) is 0. The van der Waals surface area contributed by atoms with Crippen molar-refractivity contribution >= 4 is 18.3 Å². The SMILES string of the molecule is CCOC(=O)[C@H]1[C@@H](CC=O)CCN1C(=O)OCC. The fourth-order valence-corrected chi connectivity index (χ4v) is 2.19. The lowest BCUT2D eigenvalue weighted by Gasteiger charge is -2.24. The van der Waals surface area contributed by atoms with Gasteiger partial charge in [-0.2, -0.15) is 0 Å². The minimum atomic E-state index is -0.700. The maximum Gasteiger partial charge on any atom is 0.410 e. The van der Waals surface area contributed by atoms with Gasteiger partial charge < -0.3 is 14.3 Å². The molecular formula is C12H19NO5. The third-order valence-corrected chi connectivity index (χ3v) is 2.95. The topological polar surface area (TPSA) is 72.9 Å². The Bertz CT molecular complexity index is 318. The van der Waals surface area contributed by atoms with Crippen LogP contribution in [0.25, 0.3) is 0 Å². The molecule has 0 N–H and O–H groups in total. The lowest BCUT2D eigenvalue weighted by molar-refractivity contribution is -0.149. The Morgan fingerprint density at radius 3 is 2.50 bits per heavy atom. The number of ether oxygens (including phenoxy) is 2. The number of hydrogen-bond acceptors (Lipinski definition) is 5. The van der Waals surface area contributed by atoms with Gasteiger partial charge in [0.2, 0.25) is 0 Å². The van der Waals surface area contributed by atoms with Gasteiger partial charge in [0.15, 0.2) is 0 Å². The first kappa shape index (κ1) is 14.5. The summed E-state index contributed by atoms with van der Waals surface area (Å²) in [6.45, 7) is 4.33. The molecule has 102 valence electrons. The maximum atomic E-state index is 11.9. The normalized spacial score (nSPS) is 22.7. The number of esters is 1. The average Bonchev–Trinajstić information content (AvgIpc) is 2.74. The molecule has 6 heteroatoms. The zero-order valence-corrected chi connectivity index (χ0v) is 10.8. The van der Waals surface area contributed by atoms with Gasteiger partial charge in [-0.15, -0.1) is 0 Å². The highest BCUT2D eigenvalue weighted by atomic mass is 16.6. The Labute approximate surface area is 106 Å². The van der Waals surface area contributed by atoms with Crippen LogP contribution < -0.4 is 0 Å². The lowest BCUT2D eigenvalue weighted by Crippen LogP contribution is -2.44. The van der Waals surface area contributed by atoms with Crippen LogP contribution in [0.1, 0.15) is 26.7 Å². The second-order valence-corrected chi connectivity index (χ2v) is 4.04. The number of carbonyl (C=O) groups excluding carboxylic acids is 3. The molecule has 0 aromatic carbocycles. The minimum Gasteiger partial charge on any atom is -0.464 e. The molecule has 1 aliphatic rings. The molecule has 1 aliphatic heterocycles. The fourth-order valence-electron chi connectivity index (χ4n) is 2.19. The molecule has 0 radical (unpaired) electrons. The van der Waals surface area contributed by atoms with Crippen LogP contribution in [0.2, 0.25) is 0 Å². The van der Waals surface area contributed by atoms with Crippen molar-refractivity contribution < 1.29 is 23.9 Å². The van der Waals surface area contributed by atoms with Crippen LogP contribution in [-0.2, 0) is 19.1 Å². The molecule has 0 unspecified atom stereocenters. The molecule has 2 atom stereocenters. The standard InChI is InChI=1S/C12H19NO5/c1-3-17-11(15)10-9(6-8-14)5-7-13(10)12(16)18-4-2/h8-10H,3-7H2,1-2H3/t9-,10-/m1/s1. The summed E-state index contributed by atoms with van der Waals surface area (Å²) in [5, 5.41) is 0. The molecule has 0 aromatic rings. The first-order valence-electron chi connectivity index (χ1n) is 6.19. The Morgan fingerprint density at radius 2 is 1.94 bits per heavy atom. The zero-order valence-electron chi connectivity index (χ0n) is 10.8. The summed E-state index contributed by atoms with van der Waals surface area (Å²) in [5.74, 6) is -0.638. The zero-order chi connectivity index (χ0) is 13.5. The number of hydrogen-bond donors (Lipinski definition) is 0. The van der Waals surface area contributed by atoms with E-state index in [1.165, 1.54) is 4.90 Å². The van der Waals surface area contributed by atoms with E-state index in [2.05, 4.69) is 0 Å². The molecule has 0 saturated carbocycles. The van der Waals surface area contributed by atoms with Gasteiger partial charge >= 0.3 is 12.1 Å². The van der Waals surface area contributed by atoms with Crippen molar-refractivity contribution in [2.45, 2.75) is 32.7 Å². The Morgan fingerprint density at radius 1 is 1.28 bits per heavy atom. The van der Waals surface area contributed by atoms with E-state index in [-0.39, 0.29) is 25.6 Å². The van der Waals surface area contributed by atoms with Crippen LogP contribution in [0.5, 0.6) is 0 Å². The number of aldehydes is 1. The van der Waals surface area contributed by atoms with Crippen LogP contribution in [0.3, 0.4) is 0 Å². The number of carbonyl (C=O) groups is 3. The van der Waals surface area contributed by atoms with Crippen molar-refractivity contribution in [1.82, 2.24) is 4.90 Å². The quantitative estimate of drug-likeness (QED) is 0.542. The van der Waals surface area contributed by atoms with E-state index in [0.717, 1.165) is 6.29 Å². The fraction of sp³-hybridized carbons (Fsp3) is 0.750. The van der Waals surface area contributed by atoms with Crippen LogP contribution >= 0.6 is 0 Å². The molecule has 18 heavy (non-hydrogen) atoms. The van der Waals surface area contributed by atoms with Gasteiger partial charge in [0.25, 0.3) is 0 Å². The maximum absolute atomic E-state index is 11.9. The highest BCUT2D eigenvalue weighted by Crippen LogP contribution is 2.28. The van der Waals surface area contributed by atoms with Crippen molar-refractivity contribution in [1.29, 1.82) is 0 Å². The van der Waals surface area contributed by atoms with Gasteiger partial charge in [0, 0.05) is 13.0 Å². The van der Waals surface area contributed by atoms with E-state index >= 15 is 0 Å². The van der Waals surface area contributed by atoms with Crippen LogP contribution in [0, 0.1) is 5.92 Å². The highest BCUT2D eigenvalue weighted by molar-refractivity contribution is 5.83. The van der Waals surface area contributed by atoms with Gasteiger partial charge in [-0.05, 0) is 26.2 Å². The monoisotopic (exact) mass is 257 g/mol. The second-order valence-electron chi connectivity index (χ2n) is 4.04. The number of nitrogens with zero attached hydrogens (tertiary/aromatic N) is 1. The Balaban J connectivity index is 2.79. The van der Waals surface area contributed by atoms with Gasteiger partial charge in [-0.25, -0.2) is 9.59 Å². The number of amides is 1. The Hall–Kier alpha value is -1.59. The van der Waals surface area contributed by atoms with Gasteiger partial charge in [-0.3, -0.25) is 4.90 Å². The van der Waals surface area contributed by atoms with Crippen molar-refractivity contribution in [2.24, 2.45) is 5.92 Å². The van der Waals surface area contributed by atoms with E-state index in [4.69, 9.17) is 9.47 Å². The molecule has 1 fully saturated rings. The van der Waals surface area contributed by atoms with E-state index in [1.807, 2.05) is 0 Å². The number of likely N-dealkylation sites (tertiary alicyclic amines) is 1. The van der Waals surface area contributed by atoms with Crippen LogP contribution in [0.4, 0.5) is 4.79 Å². The molecule has 0 bridgehead atoms. The Kier molecular flexibility index (Phi) is 5.61. The lowest BCUT2D eigenvalue weighted by atomic mass is 9.97. The van der Waals surface area contributed by atoms with Crippen molar-refractivity contribution in [3.8, 4) is 0 Å². The molecule has 1 rings (SSSR count). The van der Waals surface area contributed by atoms with Gasteiger partial charge in [0.05, 0.1) is 13.2 Å². The molecule has 1 saturated heterocycles.